The summed E-state index contributed by atoms with van der Waals surface area (Å²) in [7, 11) is 0. The molecular formula is C36H56O7. The van der Waals surface area contributed by atoms with Crippen LogP contribution in [0, 0.1) is 56.7 Å². The summed E-state index contributed by atoms with van der Waals surface area (Å²) in [5, 5.41) is 41.9. The quantitative estimate of drug-likeness (QED) is 0.349. The normalized spacial score (nSPS) is 54.4. The third-order valence-corrected chi connectivity index (χ3v) is 15.4. The Kier molecular flexibility index (Phi) is 7.55. The van der Waals surface area contributed by atoms with Gasteiger partial charge >= 0.3 is 0 Å². The molecule has 0 aromatic carbocycles. The first-order valence-electron chi connectivity index (χ1n) is 17.1. The molecule has 1 aliphatic heterocycles. The lowest BCUT2D eigenvalue weighted by Gasteiger charge is -2.71. The van der Waals surface area contributed by atoms with Gasteiger partial charge in [-0.15, -0.1) is 0 Å². The molecule has 0 amide bonds. The Balaban J connectivity index is 1.42. The standard InChI is InChI=1S/C36H56O7/c1-19-10-15-36(31(42)30-29(41)28(40)27(39)22(18-37)43-30)17-16-34(6)21(26(36)20(19)2)8-9-24-33(5)13-12-25(38)32(3,4)23(33)11-14-35(24,34)7/h8,19-20,22-24,26-30,37,39-41H,9-18H2,1-7H3/t19-,20+,22?,23?,24?,26?,27-,28?,29?,30-,33+,34-,35-,36+/m1/s1. The lowest BCUT2D eigenvalue weighted by atomic mass is 9.33. The molecule has 1 heterocycles. The van der Waals surface area contributed by atoms with Crippen molar-refractivity contribution < 1.29 is 34.8 Å². The van der Waals surface area contributed by atoms with Crippen LogP contribution in [0.15, 0.2) is 11.6 Å². The van der Waals surface area contributed by atoms with Crippen molar-refractivity contribution in [3.63, 3.8) is 0 Å². The van der Waals surface area contributed by atoms with Crippen molar-refractivity contribution in [3.8, 4) is 0 Å². The Bertz CT molecular complexity index is 1190. The van der Waals surface area contributed by atoms with Crippen LogP contribution < -0.4 is 0 Å². The van der Waals surface area contributed by atoms with Crippen LogP contribution >= 0.6 is 0 Å². The molecule has 4 saturated carbocycles. The third kappa shape index (κ3) is 4.03. The molecule has 0 aromatic heterocycles. The predicted molar refractivity (Wildman–Crippen MR) is 163 cm³/mol. The number of ketones is 2. The van der Waals surface area contributed by atoms with E-state index in [0.29, 0.717) is 42.8 Å². The van der Waals surface area contributed by atoms with Crippen molar-refractivity contribution in [2.24, 2.45) is 56.7 Å². The number of allylic oxidation sites excluding steroid dienone is 2. The number of fused-ring (bicyclic) bond motifs is 7. The molecule has 7 nitrogen and oxygen atoms in total. The van der Waals surface area contributed by atoms with Gasteiger partial charge in [-0.3, -0.25) is 9.59 Å². The van der Waals surface area contributed by atoms with E-state index in [1.807, 2.05) is 0 Å². The predicted octanol–water partition coefficient (Wildman–Crippen LogP) is 4.62. The van der Waals surface area contributed by atoms with Crippen LogP contribution in [0.25, 0.3) is 0 Å². The molecule has 5 fully saturated rings. The van der Waals surface area contributed by atoms with E-state index in [0.717, 1.165) is 38.5 Å². The highest BCUT2D eigenvalue weighted by Crippen LogP contribution is 2.75. The number of aliphatic hydroxyl groups is 4. The van der Waals surface area contributed by atoms with Gasteiger partial charge in [-0.1, -0.05) is 60.1 Å². The van der Waals surface area contributed by atoms with Crippen molar-refractivity contribution in [1.82, 2.24) is 0 Å². The molecule has 0 aromatic rings. The summed E-state index contributed by atoms with van der Waals surface area (Å²) in [6.07, 6.45) is 3.43. The van der Waals surface area contributed by atoms with Crippen LogP contribution in [0.4, 0.5) is 0 Å². The monoisotopic (exact) mass is 600 g/mol. The number of aliphatic hydroxyl groups excluding tert-OH is 4. The van der Waals surface area contributed by atoms with Crippen LogP contribution in [0.2, 0.25) is 0 Å². The maximum absolute atomic E-state index is 14.7. The van der Waals surface area contributed by atoms with Gasteiger partial charge in [0.15, 0.2) is 5.78 Å². The number of hydrogen-bond donors (Lipinski definition) is 4. The van der Waals surface area contributed by atoms with Gasteiger partial charge in [0.05, 0.1) is 6.61 Å². The average Bonchev–Trinajstić information content (AvgIpc) is 2.96. The first-order chi connectivity index (χ1) is 20.0. The summed E-state index contributed by atoms with van der Waals surface area (Å²) in [6.45, 7) is 15.8. The summed E-state index contributed by atoms with van der Waals surface area (Å²) in [5.74, 6) is 1.77. The van der Waals surface area contributed by atoms with Gasteiger partial charge in [0, 0.05) is 17.3 Å². The highest BCUT2D eigenvalue weighted by molar-refractivity contribution is 5.91. The zero-order chi connectivity index (χ0) is 31.5. The number of carbonyl (C=O) groups is 2. The van der Waals surface area contributed by atoms with E-state index in [-0.39, 0.29) is 39.3 Å². The van der Waals surface area contributed by atoms with Gasteiger partial charge in [-0.05, 0) is 97.2 Å². The largest absolute Gasteiger partial charge is 0.394 e. The molecule has 242 valence electrons. The van der Waals surface area contributed by atoms with Gasteiger partial charge in [-0.2, -0.15) is 0 Å². The second-order valence-electron chi connectivity index (χ2n) is 17.1. The number of rotatable bonds is 3. The first kappa shape index (κ1) is 31.8. The zero-order valence-electron chi connectivity index (χ0n) is 27.4. The molecule has 43 heavy (non-hydrogen) atoms. The topological polar surface area (TPSA) is 124 Å². The first-order valence-corrected chi connectivity index (χ1v) is 17.1. The second-order valence-corrected chi connectivity index (χ2v) is 17.1. The molecule has 6 rings (SSSR count). The molecule has 6 aliphatic rings. The van der Waals surface area contributed by atoms with Crippen molar-refractivity contribution in [2.45, 2.75) is 137 Å². The summed E-state index contributed by atoms with van der Waals surface area (Å²) >= 11 is 0. The molecule has 5 aliphatic carbocycles. The van der Waals surface area contributed by atoms with Gasteiger partial charge < -0.3 is 25.2 Å². The Morgan fingerprint density at radius 3 is 2.28 bits per heavy atom. The van der Waals surface area contributed by atoms with Crippen molar-refractivity contribution in [2.75, 3.05) is 6.61 Å². The van der Waals surface area contributed by atoms with E-state index in [1.165, 1.54) is 5.57 Å². The van der Waals surface area contributed by atoms with Crippen LogP contribution in [-0.4, -0.2) is 69.1 Å². The highest BCUT2D eigenvalue weighted by Gasteiger charge is 2.70. The summed E-state index contributed by atoms with van der Waals surface area (Å²) in [4.78, 5) is 27.8. The fourth-order valence-corrected chi connectivity index (χ4v) is 12.3. The van der Waals surface area contributed by atoms with E-state index in [4.69, 9.17) is 4.74 Å². The lowest BCUT2D eigenvalue weighted by molar-refractivity contribution is -0.233. The summed E-state index contributed by atoms with van der Waals surface area (Å²) in [5.41, 5.74) is 0.410. The molecule has 0 radical (unpaired) electrons. The average molecular weight is 601 g/mol. The number of hydrogen-bond acceptors (Lipinski definition) is 7. The number of ether oxygens (including phenoxy) is 1. The SMILES string of the molecule is C[C@@H]1CC[C@]2(C(=O)[C@@H]3OC(CO)[C@@H](O)C(O)C3O)CC[C@]3(C)C(=CCC4[C@@]5(C)CCC(=O)C(C)(C)C5CC[C@]43C)C2[C@H]1C. The minimum atomic E-state index is -1.56. The maximum atomic E-state index is 14.7. The van der Waals surface area contributed by atoms with Crippen LogP contribution in [0.3, 0.4) is 0 Å². The molecule has 6 unspecified atom stereocenters. The van der Waals surface area contributed by atoms with Crippen LogP contribution in [-0.2, 0) is 14.3 Å². The molecule has 7 heteroatoms. The van der Waals surface area contributed by atoms with E-state index < -0.39 is 42.5 Å². The smallest absolute Gasteiger partial charge is 0.171 e. The van der Waals surface area contributed by atoms with Gasteiger partial charge in [0.25, 0.3) is 0 Å². The fourth-order valence-electron chi connectivity index (χ4n) is 12.3. The van der Waals surface area contributed by atoms with Gasteiger partial charge in [0.1, 0.15) is 36.3 Å². The minimum absolute atomic E-state index is 0.00236. The lowest BCUT2D eigenvalue weighted by Crippen LogP contribution is -2.67. The molecule has 14 atom stereocenters. The maximum Gasteiger partial charge on any atom is 0.171 e. The molecule has 1 saturated heterocycles. The van der Waals surface area contributed by atoms with E-state index in [9.17, 15) is 30.0 Å². The molecule has 4 N–H and O–H groups in total. The van der Waals surface area contributed by atoms with Crippen molar-refractivity contribution in [1.29, 1.82) is 0 Å². The molecule has 0 bridgehead atoms. The Morgan fingerprint density at radius 1 is 0.907 bits per heavy atom. The van der Waals surface area contributed by atoms with E-state index >= 15 is 0 Å². The number of carbonyl (C=O) groups excluding carboxylic acids is 2. The van der Waals surface area contributed by atoms with E-state index in [1.54, 1.807) is 0 Å². The Hall–Kier alpha value is -1.12. The highest BCUT2D eigenvalue weighted by atomic mass is 16.5. The summed E-state index contributed by atoms with van der Waals surface area (Å²) < 4.78 is 5.91. The fraction of sp³-hybridized carbons (Fsp3) is 0.889. The van der Waals surface area contributed by atoms with Crippen molar-refractivity contribution >= 4 is 11.6 Å². The van der Waals surface area contributed by atoms with E-state index in [2.05, 4.69) is 54.5 Å². The molecular weight excluding hydrogens is 544 g/mol. The zero-order valence-corrected chi connectivity index (χ0v) is 27.4. The second kappa shape index (κ2) is 10.2. The van der Waals surface area contributed by atoms with Crippen LogP contribution in [0.5, 0.6) is 0 Å². The third-order valence-electron chi connectivity index (χ3n) is 15.4. The number of Topliss-reactive ketones (excluding diaryl/α,β-unsaturated/α-hetero) is 2. The summed E-state index contributed by atoms with van der Waals surface area (Å²) in [6, 6.07) is 0. The Morgan fingerprint density at radius 2 is 1.60 bits per heavy atom. The Labute approximate surface area is 257 Å². The van der Waals surface area contributed by atoms with Gasteiger partial charge in [0.2, 0.25) is 0 Å². The minimum Gasteiger partial charge on any atom is -0.394 e. The van der Waals surface area contributed by atoms with Crippen LogP contribution in [0.1, 0.15) is 106 Å². The van der Waals surface area contributed by atoms with Gasteiger partial charge in [-0.25, -0.2) is 0 Å². The molecule has 0 spiro atoms. The van der Waals surface area contributed by atoms with Crippen molar-refractivity contribution in [3.05, 3.63) is 11.6 Å².